The molecule has 0 fully saturated rings. The summed E-state index contributed by atoms with van der Waals surface area (Å²) in [6.45, 7) is 11.0. The molecule has 5 heteroatoms. The number of anilines is 1. The van der Waals surface area contributed by atoms with Crippen molar-refractivity contribution in [3.8, 4) is 0 Å². The maximum atomic E-state index is 12.2. The molecule has 5 nitrogen and oxygen atoms in total. The topological polar surface area (TPSA) is 63.2 Å². The largest absolute Gasteiger partial charge is 0.385 e. The van der Waals surface area contributed by atoms with Crippen LogP contribution >= 0.6 is 0 Å². The fraction of sp³-hybridized carbons (Fsp3) is 0.625. The van der Waals surface area contributed by atoms with E-state index in [1.54, 1.807) is 6.20 Å². The molecule has 21 heavy (non-hydrogen) atoms. The van der Waals surface area contributed by atoms with Gasteiger partial charge in [0.2, 0.25) is 0 Å². The normalized spacial score (nSPS) is 10.7. The second-order valence-electron chi connectivity index (χ2n) is 5.48. The van der Waals surface area contributed by atoms with Gasteiger partial charge in [-0.25, -0.2) is 0 Å². The molecule has 1 heterocycles. The van der Waals surface area contributed by atoms with Crippen LogP contribution in [-0.4, -0.2) is 37.2 Å². The maximum absolute atomic E-state index is 12.2. The Morgan fingerprint density at radius 3 is 2.86 bits per heavy atom. The van der Waals surface area contributed by atoms with Crippen molar-refractivity contribution >= 4 is 11.6 Å². The number of aryl methyl sites for hydroxylation is 1. The van der Waals surface area contributed by atoms with Gasteiger partial charge in [0.25, 0.3) is 5.91 Å². The Morgan fingerprint density at radius 2 is 2.19 bits per heavy atom. The number of hydrogen-bond donors (Lipinski definition) is 2. The van der Waals surface area contributed by atoms with Crippen LogP contribution in [0.1, 0.15) is 43.2 Å². The molecule has 0 saturated heterocycles. The molecule has 0 saturated carbocycles. The number of rotatable bonds is 9. The van der Waals surface area contributed by atoms with Crippen LogP contribution in [0, 0.1) is 12.8 Å². The zero-order valence-corrected chi connectivity index (χ0v) is 13.5. The van der Waals surface area contributed by atoms with Crippen molar-refractivity contribution in [1.82, 2.24) is 10.3 Å². The van der Waals surface area contributed by atoms with Crippen molar-refractivity contribution in [2.75, 3.05) is 31.6 Å². The number of hydrogen-bond acceptors (Lipinski definition) is 4. The van der Waals surface area contributed by atoms with Gasteiger partial charge >= 0.3 is 0 Å². The average Bonchev–Trinajstić information content (AvgIpc) is 2.42. The lowest BCUT2D eigenvalue weighted by atomic mass is 10.2. The lowest BCUT2D eigenvalue weighted by molar-refractivity contribution is 0.0925. The molecule has 0 aliphatic heterocycles. The molecule has 0 aliphatic rings. The first kappa shape index (κ1) is 17.4. The van der Waals surface area contributed by atoms with Crippen LogP contribution in [0.2, 0.25) is 0 Å². The fourth-order valence-corrected chi connectivity index (χ4v) is 1.87. The molecular weight excluding hydrogens is 266 g/mol. The molecular formula is C16H27N3O2. The fourth-order valence-electron chi connectivity index (χ4n) is 1.87. The highest BCUT2D eigenvalue weighted by molar-refractivity contribution is 5.99. The number of nitrogens with zero attached hydrogens (tertiary/aromatic N) is 1. The summed E-state index contributed by atoms with van der Waals surface area (Å²) in [5.74, 6) is 0.447. The highest BCUT2D eigenvalue weighted by Gasteiger charge is 2.11. The average molecular weight is 293 g/mol. The van der Waals surface area contributed by atoms with Crippen LogP contribution in [-0.2, 0) is 4.74 Å². The molecule has 0 aliphatic carbocycles. The summed E-state index contributed by atoms with van der Waals surface area (Å²) < 4.78 is 5.48. The van der Waals surface area contributed by atoms with E-state index in [9.17, 15) is 4.79 Å². The molecule has 2 N–H and O–H groups in total. The summed E-state index contributed by atoms with van der Waals surface area (Å²) >= 11 is 0. The van der Waals surface area contributed by atoms with Crippen molar-refractivity contribution < 1.29 is 9.53 Å². The van der Waals surface area contributed by atoms with E-state index in [0.29, 0.717) is 24.6 Å². The van der Waals surface area contributed by atoms with E-state index in [4.69, 9.17) is 4.74 Å². The molecule has 118 valence electrons. The predicted molar refractivity (Wildman–Crippen MR) is 85.7 cm³/mol. The third-order valence-corrected chi connectivity index (χ3v) is 2.85. The molecule has 1 aromatic heterocycles. The van der Waals surface area contributed by atoms with E-state index in [2.05, 4.69) is 29.5 Å². The lowest BCUT2D eigenvalue weighted by Crippen LogP contribution is -2.26. The van der Waals surface area contributed by atoms with Gasteiger partial charge in [0.15, 0.2) is 0 Å². The minimum Gasteiger partial charge on any atom is -0.385 e. The van der Waals surface area contributed by atoms with E-state index in [-0.39, 0.29) is 5.91 Å². The Morgan fingerprint density at radius 1 is 1.43 bits per heavy atom. The molecule has 1 rings (SSSR count). The minimum atomic E-state index is -0.0951. The van der Waals surface area contributed by atoms with Crippen molar-refractivity contribution in [3.05, 3.63) is 23.5 Å². The van der Waals surface area contributed by atoms with Crippen LogP contribution in [0.15, 0.2) is 12.3 Å². The summed E-state index contributed by atoms with van der Waals surface area (Å²) in [5, 5.41) is 6.10. The zero-order valence-electron chi connectivity index (χ0n) is 13.5. The van der Waals surface area contributed by atoms with Gasteiger partial charge in [-0.1, -0.05) is 13.8 Å². The molecule has 0 atom stereocenters. The standard InChI is InChI=1S/C16H27N3O2/c1-5-17-15-9-13(4)19-10-14(15)16(20)18-7-6-8-21-11-12(2)3/h9-10,12H,5-8,11H2,1-4H3,(H,17,19)(H,18,20). The van der Waals surface area contributed by atoms with E-state index in [1.165, 1.54) is 0 Å². The summed E-state index contributed by atoms with van der Waals surface area (Å²) in [4.78, 5) is 16.4. The van der Waals surface area contributed by atoms with E-state index in [0.717, 1.165) is 31.0 Å². The maximum Gasteiger partial charge on any atom is 0.254 e. The van der Waals surface area contributed by atoms with Gasteiger partial charge in [-0.2, -0.15) is 0 Å². The Balaban J connectivity index is 2.41. The first-order chi connectivity index (χ1) is 10.0. The third kappa shape index (κ3) is 6.58. The first-order valence-electron chi connectivity index (χ1n) is 7.61. The summed E-state index contributed by atoms with van der Waals surface area (Å²) in [5.41, 5.74) is 2.31. The summed E-state index contributed by atoms with van der Waals surface area (Å²) in [6, 6.07) is 1.89. The van der Waals surface area contributed by atoms with Gasteiger partial charge in [-0.05, 0) is 32.3 Å². The SMILES string of the molecule is CCNc1cc(C)ncc1C(=O)NCCCOCC(C)C. The Hall–Kier alpha value is -1.62. The van der Waals surface area contributed by atoms with Crippen molar-refractivity contribution in [2.45, 2.75) is 34.1 Å². The van der Waals surface area contributed by atoms with E-state index in [1.807, 2.05) is 19.9 Å². The molecule has 0 spiro atoms. The molecule has 0 aromatic carbocycles. The van der Waals surface area contributed by atoms with Gasteiger partial charge in [-0.15, -0.1) is 0 Å². The van der Waals surface area contributed by atoms with Crippen molar-refractivity contribution in [1.29, 1.82) is 0 Å². The Bertz CT molecular complexity index is 447. The highest BCUT2D eigenvalue weighted by Crippen LogP contribution is 2.15. The minimum absolute atomic E-state index is 0.0951. The van der Waals surface area contributed by atoms with Crippen LogP contribution in [0.3, 0.4) is 0 Å². The van der Waals surface area contributed by atoms with Gasteiger partial charge in [0.05, 0.1) is 11.3 Å². The number of nitrogens with one attached hydrogen (secondary N) is 2. The lowest BCUT2D eigenvalue weighted by Gasteiger charge is -2.12. The number of carbonyl (C=O) groups excluding carboxylic acids is 1. The van der Waals surface area contributed by atoms with Crippen LogP contribution in [0.4, 0.5) is 5.69 Å². The van der Waals surface area contributed by atoms with Crippen molar-refractivity contribution in [3.63, 3.8) is 0 Å². The number of ether oxygens (including phenoxy) is 1. The van der Waals surface area contributed by atoms with E-state index < -0.39 is 0 Å². The smallest absolute Gasteiger partial charge is 0.254 e. The second-order valence-corrected chi connectivity index (χ2v) is 5.48. The van der Waals surface area contributed by atoms with Gasteiger partial charge in [0, 0.05) is 38.2 Å². The molecule has 0 bridgehead atoms. The molecule has 0 unspecified atom stereocenters. The molecule has 1 aromatic rings. The molecule has 1 amide bonds. The van der Waals surface area contributed by atoms with Crippen molar-refractivity contribution in [2.24, 2.45) is 5.92 Å². The predicted octanol–water partition coefficient (Wildman–Crippen LogP) is 2.61. The third-order valence-electron chi connectivity index (χ3n) is 2.85. The van der Waals surface area contributed by atoms with Gasteiger partial charge in [-0.3, -0.25) is 9.78 Å². The van der Waals surface area contributed by atoms with Gasteiger partial charge in [0.1, 0.15) is 0 Å². The van der Waals surface area contributed by atoms with Crippen LogP contribution in [0.25, 0.3) is 0 Å². The summed E-state index contributed by atoms with van der Waals surface area (Å²) in [7, 11) is 0. The number of amides is 1. The second kappa shape index (κ2) is 9.34. The Kier molecular flexibility index (Phi) is 7.75. The number of pyridine rings is 1. The quantitative estimate of drug-likeness (QED) is 0.687. The van der Waals surface area contributed by atoms with Crippen LogP contribution in [0.5, 0.6) is 0 Å². The highest BCUT2D eigenvalue weighted by atomic mass is 16.5. The number of aromatic nitrogens is 1. The van der Waals surface area contributed by atoms with E-state index >= 15 is 0 Å². The zero-order chi connectivity index (χ0) is 15.7. The first-order valence-corrected chi connectivity index (χ1v) is 7.61. The monoisotopic (exact) mass is 293 g/mol. The number of carbonyl (C=O) groups is 1. The van der Waals surface area contributed by atoms with Crippen LogP contribution < -0.4 is 10.6 Å². The Labute approximate surface area is 127 Å². The summed E-state index contributed by atoms with van der Waals surface area (Å²) in [6.07, 6.45) is 2.44. The molecule has 0 radical (unpaired) electrons. The van der Waals surface area contributed by atoms with Gasteiger partial charge < -0.3 is 15.4 Å².